The van der Waals surface area contributed by atoms with Gasteiger partial charge >= 0.3 is 5.97 Å². The van der Waals surface area contributed by atoms with Crippen molar-refractivity contribution in [3.63, 3.8) is 0 Å². The van der Waals surface area contributed by atoms with Crippen molar-refractivity contribution in [2.75, 3.05) is 5.32 Å². The number of aliphatic carboxylic acids is 1. The summed E-state index contributed by atoms with van der Waals surface area (Å²) in [6.07, 6.45) is 2.79. The summed E-state index contributed by atoms with van der Waals surface area (Å²) in [7, 11) is 0. The molecule has 0 radical (unpaired) electrons. The molecule has 7 nitrogen and oxygen atoms in total. The topological polar surface area (TPSA) is 105 Å². The molecule has 9 heteroatoms. The van der Waals surface area contributed by atoms with Crippen LogP contribution in [0, 0.1) is 0 Å². The van der Waals surface area contributed by atoms with Crippen LogP contribution < -0.4 is 5.32 Å². The van der Waals surface area contributed by atoms with Crippen LogP contribution in [-0.2, 0) is 20.8 Å². The van der Waals surface area contributed by atoms with Gasteiger partial charge in [0.15, 0.2) is 5.13 Å². The second-order valence-corrected chi connectivity index (χ2v) is 8.07. The lowest BCUT2D eigenvalue weighted by Crippen LogP contribution is -2.15. The van der Waals surface area contributed by atoms with Crippen molar-refractivity contribution in [2.24, 2.45) is 0 Å². The molecule has 0 bridgehead atoms. The third-order valence-corrected chi connectivity index (χ3v) is 4.77. The molecule has 0 aliphatic rings. The van der Waals surface area contributed by atoms with Crippen molar-refractivity contribution in [3.8, 4) is 0 Å². The van der Waals surface area contributed by atoms with Gasteiger partial charge < -0.3 is 14.8 Å². The highest BCUT2D eigenvalue weighted by Crippen LogP contribution is 2.31. The Labute approximate surface area is 141 Å². The smallest absolute Gasteiger partial charge is 0.312 e. The zero-order chi connectivity index (χ0) is 17.0. The fourth-order valence-corrected chi connectivity index (χ4v) is 3.28. The SMILES string of the molecule is CC(C)(C)c1cnc(CSc2cnc(NC(=O)CC(=O)O)s2)o1. The van der Waals surface area contributed by atoms with Gasteiger partial charge in [-0.2, -0.15) is 0 Å². The average Bonchev–Trinajstić information content (AvgIpc) is 3.03. The Bertz CT molecular complexity index is 703. The maximum Gasteiger partial charge on any atom is 0.312 e. The predicted octanol–water partition coefficient (Wildman–Crippen LogP) is 3.13. The predicted molar refractivity (Wildman–Crippen MR) is 87.8 cm³/mol. The zero-order valence-corrected chi connectivity index (χ0v) is 14.6. The zero-order valence-electron chi connectivity index (χ0n) is 13.0. The first-order valence-electron chi connectivity index (χ1n) is 6.79. The monoisotopic (exact) mass is 355 g/mol. The Morgan fingerprint density at radius 1 is 1.35 bits per heavy atom. The molecule has 124 valence electrons. The Morgan fingerprint density at radius 2 is 2.09 bits per heavy atom. The van der Waals surface area contributed by atoms with Gasteiger partial charge in [-0.15, -0.1) is 11.8 Å². The number of carbonyl (C=O) groups excluding carboxylic acids is 1. The minimum absolute atomic E-state index is 0.0814. The van der Waals surface area contributed by atoms with Crippen molar-refractivity contribution in [2.45, 2.75) is 42.6 Å². The van der Waals surface area contributed by atoms with E-state index in [4.69, 9.17) is 9.52 Å². The molecule has 1 amide bonds. The summed E-state index contributed by atoms with van der Waals surface area (Å²) in [6.45, 7) is 6.17. The average molecular weight is 355 g/mol. The first-order chi connectivity index (χ1) is 10.7. The summed E-state index contributed by atoms with van der Waals surface area (Å²) in [5, 5.41) is 11.4. The van der Waals surface area contributed by atoms with E-state index in [1.165, 1.54) is 23.1 Å². The fourth-order valence-electron chi connectivity index (χ4n) is 1.54. The minimum Gasteiger partial charge on any atom is -0.481 e. The normalized spacial score (nSPS) is 11.4. The number of thiazole rings is 1. The lowest BCUT2D eigenvalue weighted by atomic mass is 9.94. The highest BCUT2D eigenvalue weighted by molar-refractivity contribution is 8.00. The number of hydrogen-bond donors (Lipinski definition) is 2. The fraction of sp³-hybridized carbons (Fsp3) is 0.429. The lowest BCUT2D eigenvalue weighted by molar-refractivity contribution is -0.139. The van der Waals surface area contributed by atoms with Crippen LogP contribution in [0.3, 0.4) is 0 Å². The number of nitrogens with one attached hydrogen (secondary N) is 1. The number of oxazole rings is 1. The van der Waals surface area contributed by atoms with E-state index in [1.54, 1.807) is 12.4 Å². The highest BCUT2D eigenvalue weighted by Gasteiger charge is 2.19. The summed E-state index contributed by atoms with van der Waals surface area (Å²) < 4.78 is 6.58. The summed E-state index contributed by atoms with van der Waals surface area (Å²) in [5.74, 6) is 0.253. The van der Waals surface area contributed by atoms with E-state index in [1.807, 2.05) is 0 Å². The molecule has 0 aromatic carbocycles. The van der Waals surface area contributed by atoms with Crippen LogP contribution in [0.4, 0.5) is 5.13 Å². The molecule has 0 unspecified atom stereocenters. The van der Waals surface area contributed by atoms with E-state index in [-0.39, 0.29) is 5.41 Å². The molecular weight excluding hydrogens is 338 g/mol. The Morgan fingerprint density at radius 3 is 2.70 bits per heavy atom. The third kappa shape index (κ3) is 5.36. The molecule has 0 spiro atoms. The van der Waals surface area contributed by atoms with Crippen LogP contribution in [-0.4, -0.2) is 27.0 Å². The van der Waals surface area contributed by atoms with Gasteiger partial charge in [0, 0.05) is 5.41 Å². The summed E-state index contributed by atoms with van der Waals surface area (Å²) in [5.41, 5.74) is -0.0814. The van der Waals surface area contributed by atoms with Gasteiger partial charge in [-0.05, 0) is 0 Å². The van der Waals surface area contributed by atoms with Crippen LogP contribution >= 0.6 is 23.1 Å². The number of amides is 1. The second kappa shape index (κ2) is 7.14. The minimum atomic E-state index is -1.17. The van der Waals surface area contributed by atoms with Crippen molar-refractivity contribution >= 4 is 40.1 Å². The molecule has 2 aromatic heterocycles. The van der Waals surface area contributed by atoms with Gasteiger partial charge in [0.2, 0.25) is 11.8 Å². The van der Waals surface area contributed by atoms with Crippen molar-refractivity contribution < 1.29 is 19.1 Å². The highest BCUT2D eigenvalue weighted by atomic mass is 32.2. The number of hydrogen-bond acceptors (Lipinski definition) is 7. The largest absolute Gasteiger partial charge is 0.481 e. The number of anilines is 1. The maximum atomic E-state index is 11.4. The van der Waals surface area contributed by atoms with Gasteiger partial charge in [0.25, 0.3) is 0 Å². The van der Waals surface area contributed by atoms with Gasteiger partial charge in [0.1, 0.15) is 12.2 Å². The number of carboxylic acid groups (broad SMARTS) is 1. The molecular formula is C14H17N3O4S2. The van der Waals surface area contributed by atoms with Crippen LogP contribution in [0.5, 0.6) is 0 Å². The second-order valence-electron chi connectivity index (χ2n) is 5.76. The summed E-state index contributed by atoms with van der Waals surface area (Å²) >= 11 is 2.77. The molecule has 0 fully saturated rings. The first-order valence-corrected chi connectivity index (χ1v) is 8.59. The van der Waals surface area contributed by atoms with Crippen LogP contribution in [0.1, 0.15) is 38.8 Å². The number of thioether (sulfide) groups is 1. The van der Waals surface area contributed by atoms with Crippen molar-refractivity contribution in [3.05, 3.63) is 24.0 Å². The van der Waals surface area contributed by atoms with Crippen molar-refractivity contribution in [1.82, 2.24) is 9.97 Å². The summed E-state index contributed by atoms with van der Waals surface area (Å²) in [6, 6.07) is 0. The Hall–Kier alpha value is -1.87. The number of nitrogens with zero attached hydrogens (tertiary/aromatic N) is 2. The number of aromatic nitrogens is 2. The molecule has 0 saturated heterocycles. The van der Waals surface area contributed by atoms with Crippen molar-refractivity contribution in [1.29, 1.82) is 0 Å². The lowest BCUT2D eigenvalue weighted by Gasteiger charge is -2.12. The molecule has 0 saturated carbocycles. The molecule has 2 rings (SSSR count). The third-order valence-electron chi connectivity index (χ3n) is 2.67. The molecule has 0 aliphatic heterocycles. The quantitative estimate of drug-likeness (QED) is 0.606. The van der Waals surface area contributed by atoms with Gasteiger partial charge in [-0.3, -0.25) is 9.59 Å². The molecule has 0 atom stereocenters. The number of carbonyl (C=O) groups is 2. The molecule has 2 heterocycles. The van der Waals surface area contributed by atoms with Crippen LogP contribution in [0.25, 0.3) is 0 Å². The van der Waals surface area contributed by atoms with E-state index in [9.17, 15) is 9.59 Å². The number of rotatable bonds is 6. The van der Waals surface area contributed by atoms with Gasteiger partial charge in [0.05, 0.1) is 22.4 Å². The molecule has 23 heavy (non-hydrogen) atoms. The van der Waals surface area contributed by atoms with E-state index in [2.05, 4.69) is 36.1 Å². The van der Waals surface area contributed by atoms with Crippen LogP contribution in [0.15, 0.2) is 21.0 Å². The van der Waals surface area contributed by atoms with Gasteiger partial charge in [-0.25, -0.2) is 9.97 Å². The standard InChI is InChI=1S/C14H17N3O4S2/c1-14(2,3)8-5-15-10(21-8)7-22-12-6-16-13(23-12)17-9(18)4-11(19)20/h5-6H,4,7H2,1-3H3,(H,19,20)(H,16,17,18). The molecule has 0 aliphatic carbocycles. The van der Waals surface area contributed by atoms with E-state index >= 15 is 0 Å². The Kier molecular flexibility index (Phi) is 5.42. The molecule has 2 aromatic rings. The van der Waals surface area contributed by atoms with E-state index < -0.39 is 18.3 Å². The van der Waals surface area contributed by atoms with Gasteiger partial charge in [-0.1, -0.05) is 32.1 Å². The Balaban J connectivity index is 1.88. The maximum absolute atomic E-state index is 11.4. The number of carboxylic acids is 1. The van der Waals surface area contributed by atoms with E-state index in [0.29, 0.717) is 16.8 Å². The summed E-state index contributed by atoms with van der Waals surface area (Å²) in [4.78, 5) is 30.1. The van der Waals surface area contributed by atoms with E-state index in [0.717, 1.165) is 9.97 Å². The first kappa shape index (κ1) is 17.5. The molecule has 2 N–H and O–H groups in total. The van der Waals surface area contributed by atoms with Crippen LogP contribution in [0.2, 0.25) is 0 Å².